The number of anilines is 1. The van der Waals surface area contributed by atoms with Gasteiger partial charge in [-0.15, -0.1) is 0 Å². The second-order valence-electron chi connectivity index (χ2n) is 10.5. The molecule has 0 aromatic heterocycles. The number of nitrogens with zero attached hydrogens (tertiary/aromatic N) is 2. The maximum absolute atomic E-state index is 14.1. The van der Waals surface area contributed by atoms with E-state index in [0.29, 0.717) is 12.8 Å². The largest absolute Gasteiger partial charge is 0.352 e. The van der Waals surface area contributed by atoms with Crippen LogP contribution in [0.1, 0.15) is 51.0 Å². The summed E-state index contributed by atoms with van der Waals surface area (Å²) in [5.74, 6) is -1.50. The smallest absolute Gasteiger partial charge is 0.264 e. The highest BCUT2D eigenvalue weighted by molar-refractivity contribution is 7.92. The summed E-state index contributed by atoms with van der Waals surface area (Å²) >= 11 is 6.03. The van der Waals surface area contributed by atoms with Gasteiger partial charge in [-0.05, 0) is 61.6 Å². The summed E-state index contributed by atoms with van der Waals surface area (Å²) in [7, 11) is -4.25. The van der Waals surface area contributed by atoms with Crippen molar-refractivity contribution in [2.24, 2.45) is 0 Å². The van der Waals surface area contributed by atoms with Gasteiger partial charge in [0.2, 0.25) is 11.8 Å². The Hall–Kier alpha value is -3.43. The van der Waals surface area contributed by atoms with E-state index >= 15 is 0 Å². The molecule has 1 N–H and O–H groups in total. The number of halogens is 2. The van der Waals surface area contributed by atoms with E-state index in [2.05, 4.69) is 5.32 Å². The van der Waals surface area contributed by atoms with Crippen LogP contribution in [0.15, 0.2) is 83.8 Å². The van der Waals surface area contributed by atoms with Crippen molar-refractivity contribution in [1.29, 1.82) is 0 Å². The first-order valence-electron chi connectivity index (χ1n) is 14.4. The van der Waals surface area contributed by atoms with Crippen molar-refractivity contribution < 1.29 is 22.4 Å². The molecule has 1 aliphatic carbocycles. The van der Waals surface area contributed by atoms with Gasteiger partial charge in [-0.2, -0.15) is 0 Å². The number of hydrogen-bond donors (Lipinski definition) is 1. The Balaban J connectivity index is 1.67. The number of carbonyl (C=O) groups is 2. The average molecular weight is 614 g/mol. The zero-order chi connectivity index (χ0) is 30.1. The predicted molar refractivity (Wildman–Crippen MR) is 163 cm³/mol. The third-order valence-corrected chi connectivity index (χ3v) is 9.70. The molecule has 42 heavy (non-hydrogen) atoms. The second kappa shape index (κ2) is 14.6. The minimum Gasteiger partial charge on any atom is -0.352 e. The molecule has 0 saturated heterocycles. The molecule has 1 atom stereocenters. The van der Waals surface area contributed by atoms with Gasteiger partial charge in [0, 0.05) is 12.6 Å². The van der Waals surface area contributed by atoms with Gasteiger partial charge in [0.25, 0.3) is 10.0 Å². The molecule has 10 heteroatoms. The zero-order valence-electron chi connectivity index (χ0n) is 23.7. The Kier molecular flexibility index (Phi) is 11.0. The van der Waals surface area contributed by atoms with E-state index in [9.17, 15) is 22.4 Å². The van der Waals surface area contributed by atoms with Crippen molar-refractivity contribution in [3.63, 3.8) is 0 Å². The van der Waals surface area contributed by atoms with Gasteiger partial charge < -0.3 is 10.2 Å². The molecule has 0 spiro atoms. The van der Waals surface area contributed by atoms with Gasteiger partial charge in [-0.25, -0.2) is 12.8 Å². The van der Waals surface area contributed by atoms with Crippen LogP contribution in [-0.2, 0) is 26.0 Å². The highest BCUT2D eigenvalue weighted by atomic mass is 35.5. The standard InChI is InChI=1S/C32H37ClFN3O4S/c1-2-30(32(39)35-25-14-8-4-9-15-25)36(21-20-24-12-6-3-7-13-24)31(38)23-37(26-18-19-29(34)28(33)22-26)42(40,41)27-16-10-5-11-17-27/h3,5-7,10-13,16-19,22,25,30H,2,4,8-9,14-15,20-21,23H2,1H3,(H,35,39). The third-order valence-electron chi connectivity index (χ3n) is 7.62. The molecule has 0 aliphatic heterocycles. The third kappa shape index (κ3) is 7.89. The first kappa shape index (κ1) is 31.5. The number of benzene rings is 3. The maximum atomic E-state index is 14.1. The Labute approximate surface area is 252 Å². The number of sulfonamides is 1. The van der Waals surface area contributed by atoms with Crippen LogP contribution in [0.25, 0.3) is 0 Å². The van der Waals surface area contributed by atoms with E-state index in [1.807, 2.05) is 37.3 Å². The van der Waals surface area contributed by atoms with Crippen molar-refractivity contribution >= 4 is 39.1 Å². The van der Waals surface area contributed by atoms with Gasteiger partial charge in [-0.1, -0.05) is 86.3 Å². The van der Waals surface area contributed by atoms with Crippen molar-refractivity contribution in [1.82, 2.24) is 10.2 Å². The number of nitrogens with one attached hydrogen (secondary N) is 1. The minimum absolute atomic E-state index is 0.0313. The number of hydrogen-bond acceptors (Lipinski definition) is 4. The lowest BCUT2D eigenvalue weighted by Gasteiger charge is -2.34. The number of rotatable bonds is 12. The molecule has 2 amide bonds. The van der Waals surface area contributed by atoms with Gasteiger partial charge in [0.15, 0.2) is 0 Å². The fourth-order valence-electron chi connectivity index (χ4n) is 5.33. The normalized spacial score (nSPS) is 14.6. The molecular weight excluding hydrogens is 577 g/mol. The predicted octanol–water partition coefficient (Wildman–Crippen LogP) is 5.97. The van der Waals surface area contributed by atoms with Crippen LogP contribution in [0, 0.1) is 5.82 Å². The molecule has 3 aromatic carbocycles. The minimum atomic E-state index is -4.25. The SMILES string of the molecule is CCC(C(=O)NC1CCCCC1)N(CCc1ccccc1)C(=O)CN(c1ccc(F)c(Cl)c1)S(=O)(=O)c1ccccc1. The van der Waals surface area contributed by atoms with Crippen LogP contribution in [0.3, 0.4) is 0 Å². The number of amides is 2. The van der Waals surface area contributed by atoms with Crippen LogP contribution >= 0.6 is 11.6 Å². The van der Waals surface area contributed by atoms with E-state index in [0.717, 1.165) is 48.0 Å². The monoisotopic (exact) mass is 613 g/mol. The Morgan fingerprint density at radius 1 is 0.976 bits per heavy atom. The summed E-state index contributed by atoms with van der Waals surface area (Å²) in [6.45, 7) is 1.45. The van der Waals surface area contributed by atoms with Crippen molar-refractivity contribution in [2.45, 2.75) is 68.8 Å². The topological polar surface area (TPSA) is 86.8 Å². The van der Waals surface area contributed by atoms with E-state index in [-0.39, 0.29) is 34.1 Å². The van der Waals surface area contributed by atoms with E-state index < -0.39 is 34.3 Å². The maximum Gasteiger partial charge on any atom is 0.264 e. The highest BCUT2D eigenvalue weighted by Crippen LogP contribution is 2.28. The molecule has 1 unspecified atom stereocenters. The summed E-state index contributed by atoms with van der Waals surface area (Å²) < 4.78 is 42.7. The molecule has 1 saturated carbocycles. The van der Waals surface area contributed by atoms with Crippen LogP contribution in [0.4, 0.5) is 10.1 Å². The molecule has 0 radical (unpaired) electrons. The average Bonchev–Trinajstić information content (AvgIpc) is 3.00. The van der Waals surface area contributed by atoms with Crippen LogP contribution in [0.5, 0.6) is 0 Å². The molecule has 3 aromatic rings. The Morgan fingerprint density at radius 2 is 1.62 bits per heavy atom. The quantitative estimate of drug-likeness (QED) is 0.273. The lowest BCUT2D eigenvalue weighted by Crippen LogP contribution is -2.54. The molecule has 1 aliphatic rings. The molecule has 224 valence electrons. The van der Waals surface area contributed by atoms with Crippen LogP contribution < -0.4 is 9.62 Å². The molecule has 7 nitrogen and oxygen atoms in total. The second-order valence-corrected chi connectivity index (χ2v) is 12.8. The molecule has 4 rings (SSSR count). The van der Waals surface area contributed by atoms with Crippen molar-refractivity contribution in [2.75, 3.05) is 17.4 Å². The van der Waals surface area contributed by atoms with Gasteiger partial charge in [-0.3, -0.25) is 13.9 Å². The molecule has 1 fully saturated rings. The van der Waals surface area contributed by atoms with Gasteiger partial charge in [0.05, 0.1) is 15.6 Å². The molecular formula is C32H37ClFN3O4S. The summed E-state index contributed by atoms with van der Waals surface area (Å²) in [4.78, 5) is 29.1. The first-order chi connectivity index (χ1) is 20.2. The summed E-state index contributed by atoms with van der Waals surface area (Å²) in [6.07, 6.45) is 5.86. The highest BCUT2D eigenvalue weighted by Gasteiger charge is 2.34. The van der Waals surface area contributed by atoms with Crippen molar-refractivity contribution in [3.05, 3.63) is 95.3 Å². The summed E-state index contributed by atoms with van der Waals surface area (Å²) in [6, 6.07) is 20.1. The van der Waals surface area contributed by atoms with E-state index in [1.54, 1.807) is 18.2 Å². The Bertz CT molecular complexity index is 1450. The van der Waals surface area contributed by atoms with Crippen LogP contribution in [0.2, 0.25) is 5.02 Å². The fourth-order valence-corrected chi connectivity index (χ4v) is 6.93. The lowest BCUT2D eigenvalue weighted by atomic mass is 9.95. The Morgan fingerprint density at radius 3 is 2.24 bits per heavy atom. The fraction of sp³-hybridized carbons (Fsp3) is 0.375. The first-order valence-corrected chi connectivity index (χ1v) is 16.2. The van der Waals surface area contributed by atoms with E-state index in [4.69, 9.17) is 11.6 Å². The number of carbonyl (C=O) groups excluding carboxylic acids is 2. The van der Waals surface area contributed by atoms with Gasteiger partial charge in [0.1, 0.15) is 18.4 Å². The lowest BCUT2D eigenvalue weighted by molar-refractivity contribution is -0.140. The molecule has 0 bridgehead atoms. The molecule has 0 heterocycles. The zero-order valence-corrected chi connectivity index (χ0v) is 25.3. The summed E-state index contributed by atoms with van der Waals surface area (Å²) in [5, 5.41) is 2.86. The van der Waals surface area contributed by atoms with Gasteiger partial charge >= 0.3 is 0 Å². The van der Waals surface area contributed by atoms with E-state index in [1.165, 1.54) is 29.2 Å². The summed E-state index contributed by atoms with van der Waals surface area (Å²) in [5.41, 5.74) is 1.03. The van der Waals surface area contributed by atoms with Crippen LogP contribution in [-0.4, -0.2) is 50.3 Å². The van der Waals surface area contributed by atoms with Crippen molar-refractivity contribution in [3.8, 4) is 0 Å².